The molecule has 2 aromatic carbocycles. The molecule has 3 rings (SSSR count). The molecule has 0 unspecified atom stereocenters. The Morgan fingerprint density at radius 2 is 1.90 bits per heavy atom. The van der Waals surface area contributed by atoms with Crippen LogP contribution in [-0.4, -0.2) is 23.0 Å². The first kappa shape index (κ1) is 20.3. The van der Waals surface area contributed by atoms with Gasteiger partial charge in [0.15, 0.2) is 5.16 Å². The molecule has 0 bridgehead atoms. The second-order valence-corrected chi connectivity index (χ2v) is 6.83. The molecule has 0 saturated carbocycles. The SMILES string of the molecule is C=C(NNC(=O)c1ccccc1F)c1ccc(OC)c(CSc2ncccn2)c1. The van der Waals surface area contributed by atoms with Gasteiger partial charge in [0.25, 0.3) is 5.91 Å². The van der Waals surface area contributed by atoms with Crippen LogP contribution in [0.2, 0.25) is 0 Å². The molecule has 0 aliphatic carbocycles. The Kier molecular flexibility index (Phi) is 6.80. The van der Waals surface area contributed by atoms with Gasteiger partial charge in [-0.1, -0.05) is 30.5 Å². The molecule has 0 atom stereocenters. The topological polar surface area (TPSA) is 76.1 Å². The number of thioether (sulfide) groups is 1. The Hall–Kier alpha value is -3.39. The van der Waals surface area contributed by atoms with E-state index in [0.717, 1.165) is 16.9 Å². The van der Waals surface area contributed by atoms with E-state index in [1.165, 1.54) is 30.0 Å². The van der Waals surface area contributed by atoms with Crippen molar-refractivity contribution in [2.24, 2.45) is 0 Å². The molecule has 6 nitrogen and oxygen atoms in total. The lowest BCUT2D eigenvalue weighted by Crippen LogP contribution is -2.36. The molecule has 3 aromatic rings. The van der Waals surface area contributed by atoms with Crippen LogP contribution in [0.4, 0.5) is 4.39 Å². The number of nitrogens with one attached hydrogen (secondary N) is 2. The minimum absolute atomic E-state index is 0.0533. The van der Waals surface area contributed by atoms with Crippen LogP contribution in [0.3, 0.4) is 0 Å². The van der Waals surface area contributed by atoms with Crippen LogP contribution in [0, 0.1) is 5.82 Å². The molecule has 0 aliphatic rings. The number of aromatic nitrogens is 2. The van der Waals surface area contributed by atoms with Gasteiger partial charge in [-0.15, -0.1) is 0 Å². The fourth-order valence-electron chi connectivity index (χ4n) is 2.50. The maximum absolute atomic E-state index is 13.7. The van der Waals surface area contributed by atoms with Gasteiger partial charge < -0.3 is 4.74 Å². The number of carbonyl (C=O) groups excluding carboxylic acids is 1. The summed E-state index contributed by atoms with van der Waals surface area (Å²) < 4.78 is 19.1. The first-order chi connectivity index (χ1) is 14.1. The number of ether oxygens (including phenoxy) is 1. The van der Waals surface area contributed by atoms with Gasteiger partial charge in [-0.2, -0.15) is 0 Å². The first-order valence-corrected chi connectivity index (χ1v) is 9.64. The van der Waals surface area contributed by atoms with Gasteiger partial charge in [-0.05, 0) is 42.0 Å². The molecule has 0 aliphatic heterocycles. The second kappa shape index (κ2) is 9.70. The molecular weight excluding hydrogens is 391 g/mol. The molecule has 0 radical (unpaired) electrons. The van der Waals surface area contributed by atoms with E-state index < -0.39 is 11.7 Å². The number of halogens is 1. The summed E-state index contributed by atoms with van der Waals surface area (Å²) in [5, 5.41) is 0.661. The zero-order valence-corrected chi connectivity index (χ0v) is 16.5. The molecular formula is C21H19FN4O2S. The van der Waals surface area contributed by atoms with Gasteiger partial charge in [-0.3, -0.25) is 15.6 Å². The normalized spacial score (nSPS) is 10.3. The van der Waals surface area contributed by atoms with Gasteiger partial charge in [0.05, 0.1) is 18.4 Å². The predicted molar refractivity (Wildman–Crippen MR) is 111 cm³/mol. The monoisotopic (exact) mass is 410 g/mol. The molecule has 8 heteroatoms. The Balaban J connectivity index is 1.67. The maximum Gasteiger partial charge on any atom is 0.272 e. The highest BCUT2D eigenvalue weighted by molar-refractivity contribution is 7.98. The van der Waals surface area contributed by atoms with Crippen LogP contribution in [-0.2, 0) is 5.75 Å². The van der Waals surface area contributed by atoms with Crippen molar-refractivity contribution >= 4 is 23.4 Å². The van der Waals surface area contributed by atoms with Crippen LogP contribution in [0.25, 0.3) is 5.70 Å². The third-order valence-electron chi connectivity index (χ3n) is 3.97. The van der Waals surface area contributed by atoms with Crippen molar-refractivity contribution in [1.29, 1.82) is 0 Å². The van der Waals surface area contributed by atoms with Gasteiger partial charge >= 0.3 is 0 Å². The second-order valence-electron chi connectivity index (χ2n) is 5.88. The minimum atomic E-state index is -0.593. The lowest BCUT2D eigenvalue weighted by molar-refractivity contribution is 0.0938. The van der Waals surface area contributed by atoms with E-state index in [2.05, 4.69) is 27.4 Å². The number of hydrazine groups is 1. The van der Waals surface area contributed by atoms with Gasteiger partial charge in [0.2, 0.25) is 0 Å². The lowest BCUT2D eigenvalue weighted by atomic mass is 10.1. The van der Waals surface area contributed by atoms with E-state index in [1.807, 2.05) is 18.2 Å². The minimum Gasteiger partial charge on any atom is -0.496 e. The molecule has 1 aromatic heterocycles. The highest BCUT2D eigenvalue weighted by Gasteiger charge is 2.12. The third-order valence-corrected chi connectivity index (χ3v) is 4.90. The summed E-state index contributed by atoms with van der Waals surface area (Å²) in [6, 6.07) is 13.1. The quantitative estimate of drug-likeness (QED) is 0.334. The Morgan fingerprint density at radius 3 is 2.62 bits per heavy atom. The fourth-order valence-corrected chi connectivity index (χ4v) is 3.28. The molecule has 1 heterocycles. The van der Waals surface area contributed by atoms with Crippen LogP contribution < -0.4 is 15.6 Å². The average molecular weight is 410 g/mol. The van der Waals surface area contributed by atoms with E-state index in [1.54, 1.807) is 31.6 Å². The average Bonchev–Trinajstić information content (AvgIpc) is 2.76. The molecule has 0 spiro atoms. The summed E-state index contributed by atoms with van der Waals surface area (Å²) in [5.74, 6) is 0.134. The summed E-state index contributed by atoms with van der Waals surface area (Å²) >= 11 is 1.48. The molecule has 1 amide bonds. The van der Waals surface area contributed by atoms with E-state index in [4.69, 9.17) is 4.74 Å². The standard InChI is InChI=1S/C21H19FN4O2S/c1-14(25-26-20(27)17-6-3-4-7-18(17)22)15-8-9-19(28-2)16(12-15)13-29-21-23-10-5-11-24-21/h3-12,25H,1,13H2,2H3,(H,26,27). The van der Waals surface area contributed by atoms with Crippen molar-refractivity contribution in [2.75, 3.05) is 7.11 Å². The summed E-state index contributed by atoms with van der Waals surface area (Å²) in [4.78, 5) is 20.5. The molecule has 148 valence electrons. The number of amides is 1. The van der Waals surface area contributed by atoms with Crippen molar-refractivity contribution in [3.05, 3.63) is 90.0 Å². The molecule has 0 saturated heterocycles. The van der Waals surface area contributed by atoms with Crippen molar-refractivity contribution in [3.8, 4) is 5.75 Å². The highest BCUT2D eigenvalue weighted by atomic mass is 32.2. The number of hydrogen-bond donors (Lipinski definition) is 2. The van der Waals surface area contributed by atoms with Crippen molar-refractivity contribution < 1.29 is 13.9 Å². The summed E-state index contributed by atoms with van der Waals surface area (Å²) in [6.07, 6.45) is 3.38. The maximum atomic E-state index is 13.7. The van der Waals surface area contributed by atoms with Crippen LogP contribution in [0.5, 0.6) is 5.75 Å². The van der Waals surface area contributed by atoms with Crippen molar-refractivity contribution in [3.63, 3.8) is 0 Å². The number of benzene rings is 2. The van der Waals surface area contributed by atoms with E-state index in [0.29, 0.717) is 16.6 Å². The van der Waals surface area contributed by atoms with E-state index >= 15 is 0 Å². The Labute approximate surface area is 172 Å². The van der Waals surface area contributed by atoms with Crippen LogP contribution in [0.15, 0.2) is 72.7 Å². The molecule has 2 N–H and O–H groups in total. The zero-order valence-electron chi connectivity index (χ0n) is 15.7. The summed E-state index contributed by atoms with van der Waals surface area (Å²) in [6.45, 7) is 3.94. The molecule has 0 fully saturated rings. The Bertz CT molecular complexity index is 1010. The van der Waals surface area contributed by atoms with Gasteiger partial charge in [-0.25, -0.2) is 14.4 Å². The summed E-state index contributed by atoms with van der Waals surface area (Å²) in [5.41, 5.74) is 7.27. The number of hydrogen-bond acceptors (Lipinski definition) is 6. The lowest BCUT2D eigenvalue weighted by Gasteiger charge is -2.14. The summed E-state index contributed by atoms with van der Waals surface area (Å²) in [7, 11) is 1.60. The first-order valence-electron chi connectivity index (χ1n) is 8.65. The van der Waals surface area contributed by atoms with Gasteiger partial charge in [0, 0.05) is 23.7 Å². The Morgan fingerprint density at radius 1 is 1.14 bits per heavy atom. The largest absolute Gasteiger partial charge is 0.496 e. The van der Waals surface area contributed by atoms with Crippen LogP contribution in [0.1, 0.15) is 21.5 Å². The van der Waals surface area contributed by atoms with Crippen molar-refractivity contribution in [1.82, 2.24) is 20.8 Å². The predicted octanol–water partition coefficient (Wildman–Crippen LogP) is 3.82. The third kappa shape index (κ3) is 5.32. The smallest absolute Gasteiger partial charge is 0.272 e. The number of methoxy groups -OCH3 is 1. The number of nitrogens with zero attached hydrogens (tertiary/aromatic N) is 2. The van der Waals surface area contributed by atoms with E-state index in [-0.39, 0.29) is 5.56 Å². The molecule has 29 heavy (non-hydrogen) atoms. The zero-order chi connectivity index (χ0) is 20.6. The number of rotatable bonds is 8. The fraction of sp³-hybridized carbons (Fsp3) is 0.0952. The highest BCUT2D eigenvalue weighted by Crippen LogP contribution is 2.28. The van der Waals surface area contributed by atoms with E-state index in [9.17, 15) is 9.18 Å². The van der Waals surface area contributed by atoms with Gasteiger partial charge in [0.1, 0.15) is 11.6 Å². The number of carbonyl (C=O) groups is 1. The van der Waals surface area contributed by atoms with Crippen LogP contribution >= 0.6 is 11.8 Å². The van der Waals surface area contributed by atoms with Crippen molar-refractivity contribution in [2.45, 2.75) is 10.9 Å².